The molecule has 74 valence electrons. The number of rotatable bonds is 3. The molecule has 0 amide bonds. The topological polar surface area (TPSA) is 39.8 Å². The quantitative estimate of drug-likeness (QED) is 0.749. The summed E-state index contributed by atoms with van der Waals surface area (Å²) in [6, 6.07) is 0. The van der Waals surface area contributed by atoms with Crippen LogP contribution in [0.25, 0.3) is 0 Å². The van der Waals surface area contributed by atoms with Crippen LogP contribution in [0.2, 0.25) is 0 Å². The Labute approximate surface area is 85.7 Å². The highest BCUT2D eigenvalue weighted by Crippen LogP contribution is 2.19. The first-order valence-corrected chi connectivity index (χ1v) is 5.23. The highest BCUT2D eigenvalue weighted by molar-refractivity contribution is 9.09. The normalized spacial score (nSPS) is 12.0. The highest BCUT2D eigenvalue weighted by atomic mass is 79.9. The Bertz CT molecular complexity index is 339. The second-order valence-corrected chi connectivity index (χ2v) is 4.54. The number of alkyl halides is 1. The van der Waals surface area contributed by atoms with Gasteiger partial charge in [-0.15, -0.1) is 0 Å². The van der Waals surface area contributed by atoms with E-state index in [0.717, 1.165) is 5.33 Å². The Morgan fingerprint density at radius 2 is 2.23 bits per heavy atom. The van der Waals surface area contributed by atoms with Crippen LogP contribution in [0, 0.1) is 5.41 Å². The van der Waals surface area contributed by atoms with Crippen molar-refractivity contribution in [3.63, 3.8) is 0 Å². The Kier molecular flexibility index (Phi) is 2.95. The fraction of sp³-hybridized carbons (Fsp3) is 0.750. The van der Waals surface area contributed by atoms with Crippen molar-refractivity contribution in [1.82, 2.24) is 14.3 Å². The average molecular weight is 248 g/mol. The van der Waals surface area contributed by atoms with Crippen molar-refractivity contribution in [2.24, 2.45) is 12.5 Å². The van der Waals surface area contributed by atoms with Gasteiger partial charge < -0.3 is 0 Å². The molecule has 0 aliphatic rings. The van der Waals surface area contributed by atoms with Gasteiger partial charge in [-0.05, 0) is 5.41 Å². The third kappa shape index (κ3) is 2.43. The van der Waals surface area contributed by atoms with Crippen molar-refractivity contribution < 1.29 is 0 Å². The molecular weight excluding hydrogens is 234 g/mol. The Balaban J connectivity index is 2.87. The Hall–Kier alpha value is -0.580. The number of hydrogen-bond donors (Lipinski definition) is 0. The van der Waals surface area contributed by atoms with Gasteiger partial charge in [0.1, 0.15) is 6.33 Å². The molecule has 0 aromatic carbocycles. The van der Waals surface area contributed by atoms with Gasteiger partial charge in [-0.2, -0.15) is 5.10 Å². The first kappa shape index (κ1) is 10.5. The van der Waals surface area contributed by atoms with Crippen LogP contribution in [0.4, 0.5) is 0 Å². The molecule has 13 heavy (non-hydrogen) atoms. The summed E-state index contributed by atoms with van der Waals surface area (Å²) in [5.74, 6) is 0. The molecule has 0 fully saturated rings. The lowest BCUT2D eigenvalue weighted by atomic mass is 9.97. The molecule has 0 bridgehead atoms. The van der Waals surface area contributed by atoms with E-state index in [-0.39, 0.29) is 11.1 Å². The van der Waals surface area contributed by atoms with Crippen molar-refractivity contribution >= 4 is 15.9 Å². The van der Waals surface area contributed by atoms with Crippen LogP contribution in [0.3, 0.4) is 0 Å². The molecule has 4 nitrogen and oxygen atoms in total. The van der Waals surface area contributed by atoms with E-state index in [1.54, 1.807) is 7.05 Å². The lowest BCUT2D eigenvalue weighted by Gasteiger charge is -2.20. The number of aromatic nitrogens is 3. The minimum Gasteiger partial charge on any atom is -0.285 e. The Morgan fingerprint density at radius 3 is 2.62 bits per heavy atom. The summed E-state index contributed by atoms with van der Waals surface area (Å²) in [7, 11) is 1.70. The monoisotopic (exact) mass is 247 g/mol. The molecule has 0 atom stereocenters. The summed E-state index contributed by atoms with van der Waals surface area (Å²) >= 11 is 3.41. The molecule has 0 saturated heterocycles. The van der Waals surface area contributed by atoms with E-state index in [9.17, 15) is 4.79 Å². The first-order valence-electron chi connectivity index (χ1n) is 4.11. The molecule has 0 aliphatic carbocycles. The van der Waals surface area contributed by atoms with Crippen LogP contribution in [-0.2, 0) is 13.6 Å². The minimum atomic E-state index is -0.0611. The fourth-order valence-corrected chi connectivity index (χ4v) is 1.15. The maximum Gasteiger partial charge on any atom is 0.345 e. The molecule has 0 radical (unpaired) electrons. The fourth-order valence-electron chi connectivity index (χ4n) is 0.977. The second-order valence-electron chi connectivity index (χ2n) is 3.98. The highest BCUT2D eigenvalue weighted by Gasteiger charge is 2.18. The smallest absolute Gasteiger partial charge is 0.285 e. The van der Waals surface area contributed by atoms with E-state index < -0.39 is 0 Å². The van der Waals surface area contributed by atoms with E-state index in [2.05, 4.69) is 34.9 Å². The van der Waals surface area contributed by atoms with Gasteiger partial charge in [-0.1, -0.05) is 29.8 Å². The summed E-state index contributed by atoms with van der Waals surface area (Å²) in [6.45, 7) is 4.81. The number of halogens is 1. The summed E-state index contributed by atoms with van der Waals surface area (Å²) < 4.78 is 2.96. The predicted octanol–water partition coefficient (Wildman–Crippen LogP) is 1.00. The number of aryl methyl sites for hydroxylation is 1. The SMILES string of the molecule is Cn1cnn(CC(C)(C)CBr)c1=O. The zero-order valence-electron chi connectivity index (χ0n) is 8.12. The molecule has 0 N–H and O–H groups in total. The van der Waals surface area contributed by atoms with Crippen molar-refractivity contribution in [3.05, 3.63) is 16.8 Å². The Morgan fingerprint density at radius 1 is 1.62 bits per heavy atom. The second kappa shape index (κ2) is 3.65. The van der Waals surface area contributed by atoms with Crippen molar-refractivity contribution in [1.29, 1.82) is 0 Å². The van der Waals surface area contributed by atoms with Gasteiger partial charge in [0.25, 0.3) is 0 Å². The van der Waals surface area contributed by atoms with Crippen molar-refractivity contribution in [2.45, 2.75) is 20.4 Å². The van der Waals surface area contributed by atoms with Crippen molar-refractivity contribution in [3.8, 4) is 0 Å². The van der Waals surface area contributed by atoms with E-state index >= 15 is 0 Å². The molecule has 1 heterocycles. The maximum atomic E-state index is 11.4. The minimum absolute atomic E-state index is 0.0538. The molecule has 1 aromatic rings. The van der Waals surface area contributed by atoms with E-state index in [0.29, 0.717) is 6.54 Å². The van der Waals surface area contributed by atoms with Crippen LogP contribution in [0.15, 0.2) is 11.1 Å². The van der Waals surface area contributed by atoms with Gasteiger partial charge in [0.2, 0.25) is 0 Å². The zero-order chi connectivity index (χ0) is 10.1. The van der Waals surface area contributed by atoms with E-state index in [1.165, 1.54) is 15.6 Å². The largest absolute Gasteiger partial charge is 0.345 e. The van der Waals surface area contributed by atoms with Crippen LogP contribution in [-0.4, -0.2) is 19.7 Å². The molecule has 0 spiro atoms. The summed E-state index contributed by atoms with van der Waals surface area (Å²) in [4.78, 5) is 11.4. The average Bonchev–Trinajstić information content (AvgIpc) is 2.36. The third-order valence-electron chi connectivity index (χ3n) is 1.83. The van der Waals surface area contributed by atoms with Gasteiger partial charge in [-0.25, -0.2) is 9.48 Å². The molecule has 1 aromatic heterocycles. The number of nitrogens with zero attached hydrogens (tertiary/aromatic N) is 3. The van der Waals surface area contributed by atoms with Crippen molar-refractivity contribution in [2.75, 3.05) is 5.33 Å². The van der Waals surface area contributed by atoms with Crippen LogP contribution < -0.4 is 5.69 Å². The van der Waals surface area contributed by atoms with Gasteiger partial charge in [0.15, 0.2) is 0 Å². The van der Waals surface area contributed by atoms with Gasteiger partial charge in [0, 0.05) is 12.4 Å². The molecule has 1 rings (SSSR count). The summed E-state index contributed by atoms with van der Waals surface area (Å²) in [6.07, 6.45) is 1.53. The first-order chi connectivity index (χ1) is 5.96. The van der Waals surface area contributed by atoms with Gasteiger partial charge in [0.05, 0.1) is 6.54 Å². The van der Waals surface area contributed by atoms with Crippen LogP contribution >= 0.6 is 15.9 Å². The van der Waals surface area contributed by atoms with Crippen LogP contribution in [0.5, 0.6) is 0 Å². The molecule has 0 aliphatic heterocycles. The maximum absolute atomic E-state index is 11.4. The van der Waals surface area contributed by atoms with E-state index in [1.807, 2.05) is 0 Å². The lowest BCUT2D eigenvalue weighted by molar-refractivity contribution is 0.328. The lowest BCUT2D eigenvalue weighted by Crippen LogP contribution is -2.30. The molecule has 0 unspecified atom stereocenters. The molecular formula is C8H14BrN3O. The standard InChI is InChI=1S/C8H14BrN3O/c1-8(2,4-9)5-12-7(13)11(3)6-10-12/h6H,4-5H2,1-3H3. The third-order valence-corrected chi connectivity index (χ3v) is 3.34. The summed E-state index contributed by atoms with van der Waals surface area (Å²) in [5.41, 5.74) is -0.00734. The molecule has 5 heteroatoms. The summed E-state index contributed by atoms with van der Waals surface area (Å²) in [5, 5.41) is 4.84. The van der Waals surface area contributed by atoms with Gasteiger partial charge >= 0.3 is 5.69 Å². The zero-order valence-corrected chi connectivity index (χ0v) is 9.71. The number of hydrogen-bond acceptors (Lipinski definition) is 2. The van der Waals surface area contributed by atoms with Gasteiger partial charge in [-0.3, -0.25) is 4.57 Å². The van der Waals surface area contributed by atoms with E-state index in [4.69, 9.17) is 0 Å². The van der Waals surface area contributed by atoms with Crippen LogP contribution in [0.1, 0.15) is 13.8 Å². The predicted molar refractivity (Wildman–Crippen MR) is 55.0 cm³/mol. The molecule has 0 saturated carbocycles.